The van der Waals surface area contributed by atoms with Crippen molar-refractivity contribution in [1.29, 1.82) is 5.26 Å². The van der Waals surface area contributed by atoms with Crippen molar-refractivity contribution < 1.29 is 72.8 Å². The number of methoxy groups -OCH3 is 4. The van der Waals surface area contributed by atoms with E-state index in [9.17, 15) is 39.6 Å². The summed E-state index contributed by atoms with van der Waals surface area (Å²) in [7, 11) is -5.23. The standard InChI is InChI=1S/C30H34N2O6S.C29H29N3O5S.C29H32N2O5S/c1-20-11-14-29(28(15-20)37-3)39(34,35)31-23-7-6-8-24(18-23)32-19-22(17-30(32)33)21-12-13-26(36-2)27(16-21)38-25-9-4-5-10-25;1-36-27-13-12-21(15-28(27)37-25-9-2-3-10-25)22-16-29(33)32(19-22)24-8-5-7-23(17-24)31-38(34,35)26-11-4-6-20(14-26)18-30;1-20-8-3-6-13-28(20)37(33,34)30-23-9-7-10-24(18-23)31-19-22(17-29(31)32)21-14-15-26(35-2)27(16-21)36-25-11-4-5-12-25/h6-8,11-16,18,22,25,31H,4-5,9-10,17,19H2,1-3H3;4-8,11-15,17,22,25,31H,2-3,9-10,16,19H2,1H3;3,6-10,13-16,18,22,25,30H,4-5,11-12,17,19H2,1-2H3. The normalized spacial score (nSPS) is 18.0. The summed E-state index contributed by atoms with van der Waals surface area (Å²) < 4.78 is 126. The fourth-order valence-corrected chi connectivity index (χ4v) is 19.2. The van der Waals surface area contributed by atoms with Crippen LogP contribution in [0.3, 0.4) is 0 Å². The molecular formula is C88H95N7O16S3. The van der Waals surface area contributed by atoms with Gasteiger partial charge in [-0.05, 0) is 246 Å². The first-order chi connectivity index (χ1) is 55.0. The van der Waals surface area contributed by atoms with E-state index < -0.39 is 30.1 Å². The monoisotopic (exact) mass is 1600 g/mol. The molecular weight excluding hydrogens is 1510 g/mol. The molecule has 23 nitrogen and oxygen atoms in total. The number of hydrogen-bond donors (Lipinski definition) is 3. The van der Waals surface area contributed by atoms with Crippen LogP contribution in [0.5, 0.6) is 40.2 Å². The van der Waals surface area contributed by atoms with Gasteiger partial charge in [0.25, 0.3) is 30.1 Å². The number of amides is 3. The summed E-state index contributed by atoms with van der Waals surface area (Å²) in [5, 5.41) is 9.09. The number of benzene rings is 9. The highest BCUT2D eigenvalue weighted by atomic mass is 32.2. The van der Waals surface area contributed by atoms with Crippen LogP contribution in [-0.4, -0.2) is 109 Å². The third kappa shape index (κ3) is 19.3. The fraction of sp³-hybridized carbons (Fsp3) is 0.341. The molecule has 3 saturated carbocycles. The van der Waals surface area contributed by atoms with Crippen LogP contribution >= 0.6 is 0 Å². The second kappa shape index (κ2) is 35.8. The molecule has 6 fully saturated rings. The summed E-state index contributed by atoms with van der Waals surface area (Å²) in [4.78, 5) is 44.5. The predicted octanol–water partition coefficient (Wildman–Crippen LogP) is 16.5. The Morgan fingerprint density at radius 3 is 1.11 bits per heavy atom. The molecule has 0 radical (unpaired) electrons. The van der Waals surface area contributed by atoms with Crippen LogP contribution in [0.25, 0.3) is 0 Å². The van der Waals surface area contributed by atoms with Crippen LogP contribution in [0.2, 0.25) is 0 Å². The minimum Gasteiger partial charge on any atom is -0.495 e. The van der Waals surface area contributed by atoms with Gasteiger partial charge >= 0.3 is 0 Å². The molecule has 3 unspecified atom stereocenters. The molecule has 3 saturated heterocycles. The molecule has 3 atom stereocenters. The molecule has 3 heterocycles. The van der Waals surface area contributed by atoms with Crippen LogP contribution < -0.4 is 62.0 Å². The van der Waals surface area contributed by atoms with E-state index >= 15 is 0 Å². The third-order valence-electron chi connectivity index (χ3n) is 21.6. The minimum atomic E-state index is -3.91. The van der Waals surface area contributed by atoms with E-state index in [4.69, 9.17) is 38.4 Å². The zero-order valence-electron chi connectivity index (χ0n) is 64.7. The van der Waals surface area contributed by atoms with E-state index in [-0.39, 0.29) is 79.8 Å². The topological polar surface area (TPSA) is 288 Å². The highest BCUT2D eigenvalue weighted by Gasteiger charge is 2.37. The molecule has 0 bridgehead atoms. The number of nitriles is 1. The van der Waals surface area contributed by atoms with Gasteiger partial charge < -0.3 is 47.9 Å². The van der Waals surface area contributed by atoms with Crippen molar-refractivity contribution in [3.05, 3.63) is 228 Å². The van der Waals surface area contributed by atoms with Crippen molar-refractivity contribution in [1.82, 2.24) is 0 Å². The number of ether oxygens (including phenoxy) is 7. The summed E-state index contributed by atoms with van der Waals surface area (Å²) in [5.74, 6) is 4.38. The van der Waals surface area contributed by atoms with Crippen molar-refractivity contribution in [3.8, 4) is 46.3 Å². The lowest BCUT2D eigenvalue weighted by Crippen LogP contribution is -2.24. The Hall–Kier alpha value is -11.3. The number of aryl methyl sites for hydroxylation is 2. The molecule has 114 heavy (non-hydrogen) atoms. The molecule has 596 valence electrons. The summed E-state index contributed by atoms with van der Waals surface area (Å²) in [6, 6.07) is 57.8. The van der Waals surface area contributed by atoms with Gasteiger partial charge in [0.15, 0.2) is 34.5 Å². The van der Waals surface area contributed by atoms with E-state index in [1.165, 1.54) is 69.9 Å². The van der Waals surface area contributed by atoms with Gasteiger partial charge in [-0.1, -0.05) is 66.7 Å². The summed E-state index contributed by atoms with van der Waals surface area (Å²) in [6.45, 7) is 5.08. The SMILES string of the molecule is COc1ccc(C2CC(=O)N(c3cccc(NS(=O)(=O)c4ccc(C)cc4OC)c3)C2)cc1OC1CCCC1.COc1ccc(C2CC(=O)N(c3cccc(NS(=O)(=O)c4cccc(C#N)c4)c3)C2)cc1OC1CCCC1.COc1ccc(C2CC(=O)N(c3cccc(NS(=O)(=O)c4ccccc4C)c3)C2)cc1OC1CCCC1. The van der Waals surface area contributed by atoms with Gasteiger partial charge in [-0.3, -0.25) is 28.5 Å². The maximum absolute atomic E-state index is 13.1. The number of sulfonamides is 3. The average molecular weight is 1600 g/mol. The highest BCUT2D eigenvalue weighted by Crippen LogP contribution is 2.44. The molecule has 3 aliphatic carbocycles. The predicted molar refractivity (Wildman–Crippen MR) is 439 cm³/mol. The van der Waals surface area contributed by atoms with E-state index in [0.717, 1.165) is 72.3 Å². The van der Waals surface area contributed by atoms with Crippen molar-refractivity contribution in [2.75, 3.05) is 76.9 Å². The Morgan fingerprint density at radius 1 is 0.368 bits per heavy atom. The summed E-state index contributed by atoms with van der Waals surface area (Å²) >= 11 is 0. The zero-order chi connectivity index (χ0) is 80.3. The minimum absolute atomic E-state index is 0.00186. The molecule has 9 aromatic rings. The number of carbonyl (C=O) groups excluding carboxylic acids is 3. The smallest absolute Gasteiger partial charge is 0.265 e. The maximum Gasteiger partial charge on any atom is 0.265 e. The lowest BCUT2D eigenvalue weighted by molar-refractivity contribution is -0.118. The first kappa shape index (κ1) is 80.8. The second-order valence-corrected chi connectivity index (χ2v) is 34.5. The Labute approximate surface area is 667 Å². The molecule has 15 rings (SSSR count). The molecule has 6 aliphatic rings. The summed E-state index contributed by atoms with van der Waals surface area (Å²) in [6.07, 6.45) is 14.9. The van der Waals surface area contributed by atoms with Gasteiger partial charge in [0, 0.05) is 73.7 Å². The molecule has 3 amide bonds. The number of rotatable bonds is 25. The van der Waals surface area contributed by atoms with E-state index in [1.807, 2.05) is 79.7 Å². The van der Waals surface area contributed by atoms with Gasteiger partial charge in [-0.2, -0.15) is 5.26 Å². The maximum atomic E-state index is 13.1. The van der Waals surface area contributed by atoms with Crippen LogP contribution in [-0.2, 0) is 44.5 Å². The number of carbonyl (C=O) groups is 3. The van der Waals surface area contributed by atoms with E-state index in [2.05, 4.69) is 14.2 Å². The van der Waals surface area contributed by atoms with Crippen molar-refractivity contribution in [3.63, 3.8) is 0 Å². The number of nitrogens with one attached hydrogen (secondary N) is 3. The van der Waals surface area contributed by atoms with Crippen molar-refractivity contribution in [2.24, 2.45) is 0 Å². The first-order valence-corrected chi connectivity index (χ1v) is 43.0. The summed E-state index contributed by atoms with van der Waals surface area (Å²) in [5.41, 5.74) is 7.87. The number of nitrogens with zero attached hydrogens (tertiary/aromatic N) is 4. The highest BCUT2D eigenvalue weighted by molar-refractivity contribution is 7.93. The van der Waals surface area contributed by atoms with Gasteiger partial charge in [-0.15, -0.1) is 0 Å². The van der Waals surface area contributed by atoms with Crippen LogP contribution in [0, 0.1) is 25.2 Å². The van der Waals surface area contributed by atoms with Gasteiger partial charge in [0.2, 0.25) is 17.7 Å². The molecule has 9 aromatic carbocycles. The number of hydrogen-bond acceptors (Lipinski definition) is 17. The molecule has 3 aliphatic heterocycles. The molecule has 0 spiro atoms. The zero-order valence-corrected chi connectivity index (χ0v) is 67.2. The van der Waals surface area contributed by atoms with Gasteiger partial charge in [-0.25, -0.2) is 25.3 Å². The Bertz CT molecular complexity index is 5410. The van der Waals surface area contributed by atoms with Crippen molar-refractivity contribution in [2.45, 2.75) is 161 Å². The average Bonchev–Trinajstić information content (AvgIpc) is 1.56. The number of anilines is 6. The molecule has 0 aromatic heterocycles. The third-order valence-corrected chi connectivity index (χ3v) is 26.0. The second-order valence-electron chi connectivity index (χ2n) is 29.5. The van der Waals surface area contributed by atoms with E-state index in [0.29, 0.717) is 102 Å². The van der Waals surface area contributed by atoms with Crippen LogP contribution in [0.4, 0.5) is 34.1 Å². The quantitative estimate of drug-likeness (QED) is 0.0479. The van der Waals surface area contributed by atoms with E-state index in [1.54, 1.807) is 146 Å². The van der Waals surface area contributed by atoms with Crippen LogP contribution in [0.1, 0.15) is 147 Å². The molecule has 26 heteroatoms. The van der Waals surface area contributed by atoms with Crippen LogP contribution in [0.15, 0.2) is 209 Å². The lowest BCUT2D eigenvalue weighted by Gasteiger charge is -2.20. The Kier molecular flexibility index (Phi) is 25.4. The van der Waals surface area contributed by atoms with Crippen molar-refractivity contribution >= 4 is 81.9 Å². The Balaban J connectivity index is 0.000000149. The lowest BCUT2D eigenvalue weighted by atomic mass is 9.98. The van der Waals surface area contributed by atoms with Gasteiger partial charge in [0.05, 0.1) is 85.2 Å². The first-order valence-electron chi connectivity index (χ1n) is 38.5. The Morgan fingerprint density at radius 2 is 0.737 bits per heavy atom. The largest absolute Gasteiger partial charge is 0.495 e. The fourth-order valence-electron chi connectivity index (χ4n) is 15.7. The molecule has 3 N–H and O–H groups in total. The van der Waals surface area contributed by atoms with Gasteiger partial charge in [0.1, 0.15) is 10.6 Å².